The van der Waals surface area contributed by atoms with Gasteiger partial charge in [0.05, 0.1) is 0 Å². The van der Waals surface area contributed by atoms with Crippen LogP contribution in [-0.2, 0) is 9.97 Å². The summed E-state index contributed by atoms with van der Waals surface area (Å²) in [6, 6.07) is 26.5. The van der Waals surface area contributed by atoms with Crippen molar-refractivity contribution in [2.45, 2.75) is 5.41 Å². The quantitative estimate of drug-likeness (QED) is 0.665. The van der Waals surface area contributed by atoms with Gasteiger partial charge >= 0.3 is 0 Å². The number of alkyl halides is 1. The summed E-state index contributed by atoms with van der Waals surface area (Å²) in [5.74, 6) is 0. The molecule has 0 amide bonds. The fourth-order valence-corrected chi connectivity index (χ4v) is 5.60. The van der Waals surface area contributed by atoms with E-state index in [1.165, 1.54) is 12.1 Å². The van der Waals surface area contributed by atoms with E-state index in [9.17, 15) is 9.83 Å². The van der Waals surface area contributed by atoms with Crippen molar-refractivity contribution in [3.05, 3.63) is 96.6 Å². The van der Waals surface area contributed by atoms with E-state index in [-0.39, 0.29) is 5.56 Å². The Bertz CT molecular complexity index is 863. The fraction of sp³-hybridized carbons (Fsp3) is 0.0500. The molecule has 0 bridgehead atoms. The average molecular weight is 335 g/mol. The van der Waals surface area contributed by atoms with E-state index in [1.807, 2.05) is 0 Å². The van der Waals surface area contributed by atoms with Crippen molar-refractivity contribution in [3.8, 4) is 6.07 Å². The van der Waals surface area contributed by atoms with Crippen molar-refractivity contribution in [2.75, 3.05) is 0 Å². The maximum Gasteiger partial charge on any atom is 0.280 e. The molecule has 3 rings (SSSR count). The van der Waals surface area contributed by atoms with Crippen LogP contribution in [0, 0.1) is 11.3 Å². The molecule has 0 aliphatic rings. The molecule has 0 heterocycles. The normalized spacial score (nSPS) is 13.7. The molecule has 0 N–H and O–H groups in total. The van der Waals surface area contributed by atoms with Gasteiger partial charge in [0.2, 0.25) is 0 Å². The molecule has 0 fully saturated rings. The summed E-state index contributed by atoms with van der Waals surface area (Å²) < 4.78 is 30.1. The van der Waals surface area contributed by atoms with Crippen LogP contribution in [0.25, 0.3) is 0 Å². The van der Waals surface area contributed by atoms with Gasteiger partial charge in [-0.2, -0.15) is 5.26 Å². The van der Waals surface area contributed by atoms with Gasteiger partial charge in [0.15, 0.2) is 7.14 Å². The molecule has 0 aliphatic heterocycles. The van der Waals surface area contributed by atoms with E-state index in [4.69, 9.17) is 0 Å². The Morgan fingerprint density at radius 1 is 0.750 bits per heavy atom. The van der Waals surface area contributed by atoms with Gasteiger partial charge < -0.3 is 4.57 Å². The lowest BCUT2D eigenvalue weighted by molar-refractivity contribution is 0.352. The third-order valence-corrected chi connectivity index (χ3v) is 7.25. The first-order valence-corrected chi connectivity index (χ1v) is 9.20. The Labute approximate surface area is 140 Å². The van der Waals surface area contributed by atoms with Gasteiger partial charge in [-0.05, 0) is 0 Å². The van der Waals surface area contributed by atoms with Crippen LogP contribution in [0.2, 0.25) is 0 Å². The van der Waals surface area contributed by atoms with Crippen molar-refractivity contribution >= 4 is 17.8 Å². The number of hydrogen-bond acceptors (Lipinski definition) is 2. The minimum Gasteiger partial charge on any atom is -0.309 e. The van der Waals surface area contributed by atoms with Crippen LogP contribution in [0.3, 0.4) is 0 Å². The average Bonchev–Trinajstić information content (AvgIpc) is 2.68. The van der Waals surface area contributed by atoms with Crippen molar-refractivity contribution in [1.82, 2.24) is 0 Å². The number of nitriles is 1. The lowest BCUT2D eigenvalue weighted by Gasteiger charge is -2.29. The zero-order chi connectivity index (χ0) is 17.0. The van der Waals surface area contributed by atoms with Gasteiger partial charge in [0, 0.05) is 16.2 Å². The van der Waals surface area contributed by atoms with Crippen molar-refractivity contribution in [1.29, 1.82) is 5.26 Å². The Hall–Kier alpha value is -2.69. The van der Waals surface area contributed by atoms with Crippen LogP contribution in [0.5, 0.6) is 0 Å². The highest BCUT2D eigenvalue weighted by molar-refractivity contribution is 7.79. The maximum absolute atomic E-state index is 16.0. The molecule has 0 aliphatic carbocycles. The first kappa shape index (κ1) is 16.2. The summed E-state index contributed by atoms with van der Waals surface area (Å²) in [7, 11) is -3.90. The Morgan fingerprint density at radius 3 is 1.50 bits per heavy atom. The van der Waals surface area contributed by atoms with Gasteiger partial charge in [-0.1, -0.05) is 91.0 Å². The molecule has 118 valence electrons. The largest absolute Gasteiger partial charge is 0.309 e. The minimum atomic E-state index is -3.90. The monoisotopic (exact) mass is 335 g/mol. The molecule has 4 heteroatoms. The molecule has 0 radical (unpaired) electrons. The number of nitrogens with zero attached hydrogens (tertiary/aromatic N) is 1. The van der Waals surface area contributed by atoms with Crippen LogP contribution in [0.15, 0.2) is 91.0 Å². The molecular formula is C20H15FNOP. The molecule has 3 aromatic rings. The second-order valence-electron chi connectivity index (χ2n) is 5.38. The third kappa shape index (κ3) is 2.46. The summed E-state index contributed by atoms with van der Waals surface area (Å²) in [4.78, 5) is 0. The fourth-order valence-electron chi connectivity index (χ4n) is 2.76. The third-order valence-electron chi connectivity index (χ3n) is 3.98. The molecular weight excluding hydrogens is 320 g/mol. The van der Waals surface area contributed by atoms with E-state index in [2.05, 4.69) is 0 Å². The van der Waals surface area contributed by atoms with Crippen LogP contribution in [0.1, 0.15) is 5.56 Å². The van der Waals surface area contributed by atoms with Gasteiger partial charge in [-0.3, -0.25) is 0 Å². The molecule has 1 unspecified atom stereocenters. The van der Waals surface area contributed by atoms with E-state index in [1.54, 1.807) is 84.9 Å². The van der Waals surface area contributed by atoms with E-state index in [0.717, 1.165) is 0 Å². The van der Waals surface area contributed by atoms with Gasteiger partial charge in [-0.15, -0.1) is 0 Å². The van der Waals surface area contributed by atoms with Crippen LogP contribution < -0.4 is 10.6 Å². The molecule has 0 spiro atoms. The molecule has 3 aromatic carbocycles. The maximum atomic E-state index is 16.0. The van der Waals surface area contributed by atoms with Crippen LogP contribution in [-0.4, -0.2) is 0 Å². The highest BCUT2D eigenvalue weighted by Crippen LogP contribution is 2.62. The molecule has 0 saturated heterocycles. The number of hydrogen-bond donors (Lipinski definition) is 0. The van der Waals surface area contributed by atoms with E-state index < -0.39 is 12.6 Å². The summed E-state index contributed by atoms with van der Waals surface area (Å²) in [5.41, 5.74) is 0.100. The minimum absolute atomic E-state index is 0.100. The zero-order valence-corrected chi connectivity index (χ0v) is 13.7. The zero-order valence-electron chi connectivity index (χ0n) is 12.8. The summed E-state index contributed by atoms with van der Waals surface area (Å²) in [5, 5.41) is 7.70. The van der Waals surface area contributed by atoms with Crippen molar-refractivity contribution < 1.29 is 8.96 Å². The molecule has 24 heavy (non-hydrogen) atoms. The molecule has 2 nitrogen and oxygen atoms in total. The van der Waals surface area contributed by atoms with Gasteiger partial charge in [0.25, 0.3) is 5.41 Å². The number of halogens is 1. The Balaban J connectivity index is 2.34. The predicted molar refractivity (Wildman–Crippen MR) is 94.6 cm³/mol. The molecule has 0 saturated carbocycles. The summed E-state index contributed by atoms with van der Waals surface area (Å²) in [6.45, 7) is 0. The lowest BCUT2D eigenvalue weighted by atomic mass is 10.1. The standard InChI is InChI=1S/C20H15FNOP/c21-20(16-22,17-10-4-1-5-11-17)24(23,18-12-6-2-7-13-18)19-14-8-3-9-15-19/h1-15H. The SMILES string of the molecule is N#CC(F)(c1ccccc1)P(=O)(c1ccccc1)c1ccccc1. The molecule has 1 atom stereocenters. The number of rotatable bonds is 4. The first-order chi connectivity index (χ1) is 11.6. The van der Waals surface area contributed by atoms with Gasteiger partial charge in [0.1, 0.15) is 6.07 Å². The second-order valence-corrected chi connectivity index (χ2v) is 8.25. The number of benzene rings is 3. The Morgan fingerprint density at radius 2 is 1.12 bits per heavy atom. The van der Waals surface area contributed by atoms with Crippen molar-refractivity contribution in [2.24, 2.45) is 0 Å². The second kappa shape index (κ2) is 6.43. The first-order valence-electron chi connectivity index (χ1n) is 7.50. The van der Waals surface area contributed by atoms with Crippen LogP contribution >= 0.6 is 7.14 Å². The smallest absolute Gasteiger partial charge is 0.280 e. The summed E-state index contributed by atoms with van der Waals surface area (Å²) >= 11 is 0. The highest BCUT2D eigenvalue weighted by atomic mass is 31.2. The van der Waals surface area contributed by atoms with Crippen LogP contribution in [0.4, 0.5) is 4.39 Å². The lowest BCUT2D eigenvalue weighted by Crippen LogP contribution is -2.31. The topological polar surface area (TPSA) is 40.9 Å². The Kier molecular flexibility index (Phi) is 4.34. The van der Waals surface area contributed by atoms with Crippen molar-refractivity contribution in [3.63, 3.8) is 0 Å². The highest BCUT2D eigenvalue weighted by Gasteiger charge is 2.53. The van der Waals surface area contributed by atoms with E-state index >= 15 is 4.39 Å². The van der Waals surface area contributed by atoms with E-state index in [0.29, 0.717) is 10.6 Å². The summed E-state index contributed by atoms with van der Waals surface area (Å²) in [6.07, 6.45) is 0. The van der Waals surface area contributed by atoms with Gasteiger partial charge in [-0.25, -0.2) is 4.39 Å². The molecule has 0 aromatic heterocycles. The predicted octanol–water partition coefficient (Wildman–Crippen LogP) is 4.35.